The molecular weight excluding hydrogens is 236 g/mol. The van der Waals surface area contributed by atoms with Crippen molar-refractivity contribution in [3.8, 4) is 11.5 Å². The van der Waals surface area contributed by atoms with Gasteiger partial charge in [0, 0.05) is 6.07 Å². The van der Waals surface area contributed by atoms with Crippen molar-refractivity contribution in [1.29, 1.82) is 0 Å². The van der Waals surface area contributed by atoms with E-state index in [0.29, 0.717) is 17.1 Å². The van der Waals surface area contributed by atoms with Gasteiger partial charge in [0.2, 0.25) is 0 Å². The third-order valence-electron chi connectivity index (χ3n) is 2.76. The topological polar surface area (TPSA) is 76.0 Å². The molecule has 5 heteroatoms. The summed E-state index contributed by atoms with van der Waals surface area (Å²) in [7, 11) is 3.04. The van der Waals surface area contributed by atoms with Gasteiger partial charge in [0.05, 0.1) is 26.2 Å². The van der Waals surface area contributed by atoms with Crippen molar-refractivity contribution in [1.82, 2.24) is 0 Å². The summed E-state index contributed by atoms with van der Waals surface area (Å²) in [6.07, 6.45) is -0.717. The van der Waals surface area contributed by atoms with Crippen LogP contribution in [0.4, 0.5) is 0 Å². The molecular formula is C13H18O5. The van der Waals surface area contributed by atoms with Gasteiger partial charge in [-0.3, -0.25) is 4.79 Å². The van der Waals surface area contributed by atoms with Gasteiger partial charge >= 0.3 is 5.97 Å². The fourth-order valence-electron chi connectivity index (χ4n) is 1.59. The molecule has 1 aromatic rings. The van der Waals surface area contributed by atoms with E-state index < -0.39 is 18.0 Å². The number of carbonyl (C=O) groups is 1. The third kappa shape index (κ3) is 3.63. The molecule has 0 saturated heterocycles. The average molecular weight is 254 g/mol. The first-order valence-corrected chi connectivity index (χ1v) is 5.61. The van der Waals surface area contributed by atoms with Gasteiger partial charge in [0.1, 0.15) is 11.5 Å². The van der Waals surface area contributed by atoms with Crippen LogP contribution in [-0.2, 0) is 4.79 Å². The predicted octanol–water partition coefficient (Wildman–Crippen LogP) is 1.85. The first-order chi connectivity index (χ1) is 8.47. The van der Waals surface area contributed by atoms with Crippen molar-refractivity contribution in [2.45, 2.75) is 19.4 Å². The minimum Gasteiger partial charge on any atom is -0.497 e. The van der Waals surface area contributed by atoms with Crippen LogP contribution in [0.3, 0.4) is 0 Å². The lowest BCUT2D eigenvalue weighted by Gasteiger charge is -2.15. The number of rotatable bonds is 6. The van der Waals surface area contributed by atoms with Gasteiger partial charge in [0.15, 0.2) is 0 Å². The zero-order valence-electron chi connectivity index (χ0n) is 10.7. The molecule has 0 spiro atoms. The molecule has 1 aromatic carbocycles. The summed E-state index contributed by atoms with van der Waals surface area (Å²) < 4.78 is 10.2. The minimum absolute atomic E-state index is 0.144. The Hall–Kier alpha value is -1.75. The molecule has 0 aromatic heterocycles. The van der Waals surface area contributed by atoms with Gasteiger partial charge in [-0.2, -0.15) is 0 Å². The smallest absolute Gasteiger partial charge is 0.306 e. The van der Waals surface area contributed by atoms with Gasteiger partial charge in [-0.25, -0.2) is 0 Å². The molecule has 0 radical (unpaired) electrons. The predicted molar refractivity (Wildman–Crippen MR) is 65.9 cm³/mol. The number of hydrogen-bond donors (Lipinski definition) is 2. The largest absolute Gasteiger partial charge is 0.497 e. The standard InChI is InChI=1S/C13H18O5/c1-8(13(15)16)4-12(14)9-5-10(17-2)7-11(6-9)18-3/h5-8,12,14H,4H2,1-3H3,(H,15,16). The lowest BCUT2D eigenvalue weighted by atomic mass is 9.98. The van der Waals surface area contributed by atoms with E-state index in [-0.39, 0.29) is 6.42 Å². The van der Waals surface area contributed by atoms with Gasteiger partial charge < -0.3 is 19.7 Å². The molecule has 2 atom stereocenters. The number of aliphatic carboxylic acids is 1. The molecule has 1 rings (SSSR count). The van der Waals surface area contributed by atoms with Crippen molar-refractivity contribution in [3.63, 3.8) is 0 Å². The van der Waals surface area contributed by atoms with E-state index in [9.17, 15) is 9.90 Å². The highest BCUT2D eigenvalue weighted by molar-refractivity contribution is 5.69. The molecule has 0 aliphatic rings. The number of carboxylic acids is 1. The van der Waals surface area contributed by atoms with Crippen LogP contribution in [-0.4, -0.2) is 30.4 Å². The number of hydrogen-bond acceptors (Lipinski definition) is 4. The van der Waals surface area contributed by atoms with E-state index in [1.54, 1.807) is 25.1 Å². The summed E-state index contributed by atoms with van der Waals surface area (Å²) in [5.74, 6) is -0.418. The first kappa shape index (κ1) is 14.3. The van der Waals surface area contributed by atoms with Gasteiger partial charge in [-0.05, 0) is 24.1 Å². The first-order valence-electron chi connectivity index (χ1n) is 5.61. The van der Waals surface area contributed by atoms with Crippen LogP contribution < -0.4 is 9.47 Å². The maximum Gasteiger partial charge on any atom is 0.306 e. The molecule has 5 nitrogen and oxygen atoms in total. The summed E-state index contributed by atoms with van der Waals surface area (Å²) in [5.41, 5.74) is 0.583. The van der Waals surface area contributed by atoms with Crippen LogP contribution in [0.25, 0.3) is 0 Å². The number of carboxylic acid groups (broad SMARTS) is 1. The molecule has 0 saturated carbocycles. The molecule has 0 heterocycles. The Labute approximate surface area is 106 Å². The Balaban J connectivity index is 2.90. The van der Waals surface area contributed by atoms with Crippen LogP contribution in [0.15, 0.2) is 18.2 Å². The summed E-state index contributed by atoms with van der Waals surface area (Å²) in [5, 5.41) is 18.8. The van der Waals surface area contributed by atoms with Gasteiger partial charge in [-0.15, -0.1) is 0 Å². The maximum atomic E-state index is 10.8. The van der Waals surface area contributed by atoms with E-state index in [4.69, 9.17) is 14.6 Å². The van der Waals surface area contributed by atoms with Crippen LogP contribution >= 0.6 is 0 Å². The summed E-state index contributed by atoms with van der Waals surface area (Å²) in [4.78, 5) is 10.8. The Kier molecular flexibility index (Phi) is 4.97. The minimum atomic E-state index is -0.927. The van der Waals surface area contributed by atoms with Crippen molar-refractivity contribution in [2.75, 3.05) is 14.2 Å². The zero-order valence-corrected chi connectivity index (χ0v) is 10.7. The van der Waals surface area contributed by atoms with Crippen LogP contribution in [0.2, 0.25) is 0 Å². The lowest BCUT2D eigenvalue weighted by molar-refractivity contribution is -0.142. The van der Waals surface area contributed by atoms with Crippen molar-refractivity contribution >= 4 is 5.97 Å². The number of benzene rings is 1. The molecule has 0 aliphatic heterocycles. The zero-order chi connectivity index (χ0) is 13.7. The van der Waals surface area contributed by atoms with E-state index in [2.05, 4.69) is 0 Å². The Bertz CT molecular complexity index is 394. The number of ether oxygens (including phenoxy) is 2. The van der Waals surface area contributed by atoms with Crippen molar-refractivity contribution in [2.24, 2.45) is 5.92 Å². The van der Waals surface area contributed by atoms with E-state index in [0.717, 1.165) is 0 Å². The summed E-state index contributed by atoms with van der Waals surface area (Å²) >= 11 is 0. The highest BCUT2D eigenvalue weighted by Crippen LogP contribution is 2.29. The number of aliphatic hydroxyl groups is 1. The van der Waals surface area contributed by atoms with Crippen molar-refractivity contribution < 1.29 is 24.5 Å². The molecule has 100 valence electrons. The second-order valence-corrected chi connectivity index (χ2v) is 4.14. The van der Waals surface area contributed by atoms with E-state index >= 15 is 0 Å². The fourth-order valence-corrected chi connectivity index (χ4v) is 1.59. The molecule has 0 amide bonds. The summed E-state index contributed by atoms with van der Waals surface area (Å²) in [6.45, 7) is 1.56. The van der Waals surface area contributed by atoms with E-state index in [1.807, 2.05) is 0 Å². The Morgan fingerprint density at radius 2 is 1.72 bits per heavy atom. The molecule has 2 N–H and O–H groups in total. The number of aliphatic hydroxyl groups excluding tert-OH is 1. The van der Waals surface area contributed by atoms with E-state index in [1.165, 1.54) is 14.2 Å². The van der Waals surface area contributed by atoms with Crippen LogP contribution in [0, 0.1) is 5.92 Å². The number of methoxy groups -OCH3 is 2. The second kappa shape index (κ2) is 6.26. The average Bonchev–Trinajstić information content (AvgIpc) is 2.37. The lowest BCUT2D eigenvalue weighted by Crippen LogP contribution is -2.13. The van der Waals surface area contributed by atoms with Crippen molar-refractivity contribution in [3.05, 3.63) is 23.8 Å². The molecule has 18 heavy (non-hydrogen) atoms. The second-order valence-electron chi connectivity index (χ2n) is 4.14. The molecule has 0 fully saturated rings. The highest BCUT2D eigenvalue weighted by atomic mass is 16.5. The van der Waals surface area contributed by atoms with Crippen LogP contribution in [0.5, 0.6) is 11.5 Å². The normalized spacial score (nSPS) is 13.8. The quantitative estimate of drug-likeness (QED) is 0.810. The van der Waals surface area contributed by atoms with Gasteiger partial charge in [0.25, 0.3) is 0 Å². The Morgan fingerprint density at radius 3 is 2.11 bits per heavy atom. The van der Waals surface area contributed by atoms with Crippen LogP contribution in [0.1, 0.15) is 25.0 Å². The van der Waals surface area contributed by atoms with Gasteiger partial charge in [-0.1, -0.05) is 6.92 Å². The molecule has 2 unspecified atom stereocenters. The summed E-state index contributed by atoms with van der Waals surface area (Å²) in [6, 6.07) is 5.03. The fraction of sp³-hybridized carbons (Fsp3) is 0.462. The highest BCUT2D eigenvalue weighted by Gasteiger charge is 2.18. The molecule has 0 bridgehead atoms. The third-order valence-corrected chi connectivity index (χ3v) is 2.76. The molecule has 0 aliphatic carbocycles. The monoisotopic (exact) mass is 254 g/mol. The SMILES string of the molecule is COc1cc(OC)cc(C(O)CC(C)C(=O)O)c1. The Morgan fingerprint density at radius 1 is 1.22 bits per heavy atom. The maximum absolute atomic E-state index is 10.8.